The van der Waals surface area contributed by atoms with E-state index in [4.69, 9.17) is 15.2 Å². The highest BCUT2D eigenvalue weighted by molar-refractivity contribution is 5.31. The Kier molecular flexibility index (Phi) is 4.25. The Morgan fingerprint density at radius 1 is 1.17 bits per heavy atom. The standard InChI is InChI=1S/C14H18N2O2/c1-17-13-2-4-14(5-3-13)18-10-12(8-15)11-6-7-16-9-11/h2-7,9,12,16H,8,10,15H2,1H3. The third-order valence-electron chi connectivity index (χ3n) is 2.89. The van der Waals surface area contributed by atoms with Gasteiger partial charge in [0.2, 0.25) is 0 Å². The van der Waals surface area contributed by atoms with E-state index in [0.717, 1.165) is 11.5 Å². The van der Waals surface area contributed by atoms with E-state index in [1.54, 1.807) is 7.11 Å². The lowest BCUT2D eigenvalue weighted by Gasteiger charge is -2.14. The second kappa shape index (κ2) is 6.12. The van der Waals surface area contributed by atoms with Crippen LogP contribution in [0.2, 0.25) is 0 Å². The number of ether oxygens (including phenoxy) is 2. The van der Waals surface area contributed by atoms with E-state index in [-0.39, 0.29) is 5.92 Å². The number of aromatic nitrogens is 1. The van der Waals surface area contributed by atoms with Crippen molar-refractivity contribution >= 4 is 0 Å². The van der Waals surface area contributed by atoms with Crippen molar-refractivity contribution in [1.29, 1.82) is 0 Å². The van der Waals surface area contributed by atoms with E-state index >= 15 is 0 Å². The van der Waals surface area contributed by atoms with Crippen LogP contribution < -0.4 is 15.2 Å². The number of aromatic amines is 1. The minimum Gasteiger partial charge on any atom is -0.497 e. The molecule has 1 atom stereocenters. The van der Waals surface area contributed by atoms with Crippen LogP contribution in [-0.4, -0.2) is 25.2 Å². The molecule has 0 spiro atoms. The molecule has 1 unspecified atom stereocenters. The van der Waals surface area contributed by atoms with Crippen LogP contribution in [0.4, 0.5) is 0 Å². The lowest BCUT2D eigenvalue weighted by atomic mass is 10.0. The zero-order chi connectivity index (χ0) is 12.8. The second-order valence-electron chi connectivity index (χ2n) is 4.06. The number of hydrogen-bond donors (Lipinski definition) is 2. The van der Waals surface area contributed by atoms with Crippen LogP contribution in [-0.2, 0) is 0 Å². The van der Waals surface area contributed by atoms with Gasteiger partial charge in [-0.3, -0.25) is 0 Å². The lowest BCUT2D eigenvalue weighted by Crippen LogP contribution is -2.19. The molecule has 96 valence electrons. The fourth-order valence-electron chi connectivity index (χ4n) is 1.76. The summed E-state index contributed by atoms with van der Waals surface area (Å²) in [6.07, 6.45) is 3.85. The monoisotopic (exact) mass is 246 g/mol. The molecule has 0 fully saturated rings. The van der Waals surface area contributed by atoms with Gasteiger partial charge < -0.3 is 20.2 Å². The van der Waals surface area contributed by atoms with E-state index in [0.29, 0.717) is 13.2 Å². The summed E-state index contributed by atoms with van der Waals surface area (Å²) in [6.45, 7) is 1.13. The Balaban J connectivity index is 1.93. The van der Waals surface area contributed by atoms with Gasteiger partial charge in [-0.1, -0.05) is 0 Å². The SMILES string of the molecule is COc1ccc(OCC(CN)c2cc[nH]c2)cc1. The first kappa shape index (κ1) is 12.5. The lowest BCUT2D eigenvalue weighted by molar-refractivity contribution is 0.290. The van der Waals surface area contributed by atoms with E-state index < -0.39 is 0 Å². The van der Waals surface area contributed by atoms with Crippen LogP contribution in [0.25, 0.3) is 0 Å². The van der Waals surface area contributed by atoms with E-state index in [1.165, 1.54) is 5.56 Å². The molecule has 4 heteroatoms. The number of rotatable bonds is 6. The Hall–Kier alpha value is -1.94. The quantitative estimate of drug-likeness (QED) is 0.821. The maximum Gasteiger partial charge on any atom is 0.119 e. The maximum absolute atomic E-state index is 5.76. The highest BCUT2D eigenvalue weighted by Crippen LogP contribution is 2.20. The molecule has 1 aromatic carbocycles. The first-order chi connectivity index (χ1) is 8.83. The van der Waals surface area contributed by atoms with Crippen LogP contribution in [0.3, 0.4) is 0 Å². The van der Waals surface area contributed by atoms with Crippen molar-refractivity contribution in [1.82, 2.24) is 4.98 Å². The molecule has 18 heavy (non-hydrogen) atoms. The Morgan fingerprint density at radius 3 is 2.44 bits per heavy atom. The number of methoxy groups -OCH3 is 1. The minimum absolute atomic E-state index is 0.207. The Morgan fingerprint density at radius 2 is 1.89 bits per heavy atom. The zero-order valence-corrected chi connectivity index (χ0v) is 10.4. The van der Waals surface area contributed by atoms with Gasteiger partial charge in [-0.15, -0.1) is 0 Å². The normalized spacial score (nSPS) is 12.1. The van der Waals surface area contributed by atoms with Gasteiger partial charge in [0.15, 0.2) is 0 Å². The zero-order valence-electron chi connectivity index (χ0n) is 10.4. The molecule has 0 aliphatic rings. The van der Waals surface area contributed by atoms with Crippen molar-refractivity contribution in [2.75, 3.05) is 20.3 Å². The van der Waals surface area contributed by atoms with Gasteiger partial charge in [-0.25, -0.2) is 0 Å². The average molecular weight is 246 g/mol. The molecule has 3 N–H and O–H groups in total. The third kappa shape index (κ3) is 3.05. The topological polar surface area (TPSA) is 60.3 Å². The maximum atomic E-state index is 5.76. The number of H-pyrrole nitrogens is 1. The van der Waals surface area contributed by atoms with Crippen LogP contribution in [0.1, 0.15) is 11.5 Å². The van der Waals surface area contributed by atoms with Gasteiger partial charge in [0.1, 0.15) is 11.5 Å². The minimum atomic E-state index is 0.207. The first-order valence-electron chi connectivity index (χ1n) is 5.93. The smallest absolute Gasteiger partial charge is 0.119 e. The molecule has 0 aliphatic heterocycles. The predicted molar refractivity (Wildman–Crippen MR) is 71.1 cm³/mol. The van der Waals surface area contributed by atoms with Crippen molar-refractivity contribution in [2.45, 2.75) is 5.92 Å². The van der Waals surface area contributed by atoms with E-state index in [2.05, 4.69) is 4.98 Å². The molecule has 4 nitrogen and oxygen atoms in total. The van der Waals surface area contributed by atoms with Gasteiger partial charge in [0.25, 0.3) is 0 Å². The van der Waals surface area contributed by atoms with Gasteiger partial charge >= 0.3 is 0 Å². The second-order valence-corrected chi connectivity index (χ2v) is 4.06. The molecule has 0 saturated carbocycles. The fraction of sp³-hybridized carbons (Fsp3) is 0.286. The summed E-state index contributed by atoms with van der Waals surface area (Å²) < 4.78 is 10.8. The highest BCUT2D eigenvalue weighted by atomic mass is 16.5. The Labute approximate surface area is 107 Å². The Bertz CT molecular complexity index is 451. The molecule has 0 amide bonds. The van der Waals surface area contributed by atoms with Crippen molar-refractivity contribution in [2.24, 2.45) is 5.73 Å². The van der Waals surface area contributed by atoms with Crippen molar-refractivity contribution in [3.8, 4) is 11.5 Å². The fourth-order valence-corrected chi connectivity index (χ4v) is 1.76. The molecule has 0 radical (unpaired) electrons. The van der Waals surface area contributed by atoms with E-state index in [9.17, 15) is 0 Å². The molecule has 0 bridgehead atoms. The first-order valence-corrected chi connectivity index (χ1v) is 5.93. The van der Waals surface area contributed by atoms with Crippen molar-refractivity contribution < 1.29 is 9.47 Å². The van der Waals surface area contributed by atoms with Crippen LogP contribution in [0.5, 0.6) is 11.5 Å². The molecular weight excluding hydrogens is 228 g/mol. The third-order valence-corrected chi connectivity index (χ3v) is 2.89. The average Bonchev–Trinajstić information content (AvgIpc) is 2.94. The van der Waals surface area contributed by atoms with Gasteiger partial charge in [-0.2, -0.15) is 0 Å². The number of hydrogen-bond acceptors (Lipinski definition) is 3. The molecular formula is C14H18N2O2. The van der Waals surface area contributed by atoms with Crippen molar-refractivity contribution in [3.63, 3.8) is 0 Å². The summed E-state index contributed by atoms with van der Waals surface area (Å²) >= 11 is 0. The molecule has 0 saturated heterocycles. The van der Waals surface area contributed by atoms with Gasteiger partial charge in [-0.05, 0) is 35.9 Å². The predicted octanol–water partition coefficient (Wildman–Crippen LogP) is 2.14. The molecule has 2 aromatic rings. The van der Waals surface area contributed by atoms with E-state index in [1.807, 2.05) is 42.7 Å². The molecule has 1 aromatic heterocycles. The molecule has 0 aliphatic carbocycles. The summed E-state index contributed by atoms with van der Waals surface area (Å²) in [5.41, 5.74) is 6.93. The van der Waals surface area contributed by atoms with Crippen molar-refractivity contribution in [3.05, 3.63) is 48.3 Å². The van der Waals surface area contributed by atoms with Crippen LogP contribution >= 0.6 is 0 Å². The summed E-state index contributed by atoms with van der Waals surface area (Å²) in [4.78, 5) is 3.03. The summed E-state index contributed by atoms with van der Waals surface area (Å²) in [7, 11) is 1.65. The summed E-state index contributed by atoms with van der Waals surface area (Å²) in [5.74, 6) is 1.85. The highest BCUT2D eigenvalue weighted by Gasteiger charge is 2.10. The van der Waals surface area contributed by atoms with Crippen LogP contribution in [0, 0.1) is 0 Å². The van der Waals surface area contributed by atoms with Gasteiger partial charge in [0.05, 0.1) is 13.7 Å². The number of nitrogens with two attached hydrogens (primary N) is 1. The number of benzene rings is 1. The molecule has 1 heterocycles. The van der Waals surface area contributed by atoms with Gasteiger partial charge in [0, 0.05) is 24.9 Å². The largest absolute Gasteiger partial charge is 0.497 e. The number of nitrogens with one attached hydrogen (secondary N) is 1. The van der Waals surface area contributed by atoms with Crippen LogP contribution in [0.15, 0.2) is 42.7 Å². The molecule has 2 rings (SSSR count). The summed E-state index contributed by atoms with van der Waals surface area (Å²) in [6, 6.07) is 9.56. The summed E-state index contributed by atoms with van der Waals surface area (Å²) in [5, 5.41) is 0.